The monoisotopic (exact) mass is 373 g/mol. The van der Waals surface area contributed by atoms with E-state index in [0.717, 1.165) is 16.8 Å². The zero-order valence-corrected chi connectivity index (χ0v) is 15.1. The molecule has 0 saturated heterocycles. The number of carbonyl (C=O) groups excluding carboxylic acids is 1. The molecule has 0 aliphatic rings. The molecule has 3 aromatic rings. The van der Waals surface area contributed by atoms with Crippen molar-refractivity contribution < 1.29 is 9.21 Å². The highest BCUT2D eigenvalue weighted by Gasteiger charge is 2.11. The first-order valence-corrected chi connectivity index (χ1v) is 9.01. The molecule has 0 fully saturated rings. The van der Waals surface area contributed by atoms with E-state index in [2.05, 4.69) is 15.5 Å². The van der Waals surface area contributed by atoms with E-state index in [1.807, 2.05) is 37.3 Å². The van der Waals surface area contributed by atoms with Crippen molar-refractivity contribution in [2.24, 2.45) is 0 Å². The van der Waals surface area contributed by atoms with Crippen molar-refractivity contribution in [1.29, 1.82) is 0 Å². The van der Waals surface area contributed by atoms with Crippen LogP contribution in [0.1, 0.15) is 17.0 Å². The minimum absolute atomic E-state index is 0.141. The van der Waals surface area contributed by atoms with Crippen molar-refractivity contribution in [2.45, 2.75) is 18.6 Å². The number of benzene rings is 2. The van der Waals surface area contributed by atoms with Crippen LogP contribution in [-0.2, 0) is 11.2 Å². The molecule has 1 N–H and O–H groups in total. The lowest BCUT2D eigenvalue weighted by Gasteiger charge is -2.07. The molecule has 0 atom stereocenters. The van der Waals surface area contributed by atoms with Gasteiger partial charge in [0.1, 0.15) is 0 Å². The van der Waals surface area contributed by atoms with Crippen molar-refractivity contribution in [1.82, 2.24) is 10.2 Å². The summed E-state index contributed by atoms with van der Waals surface area (Å²) in [5.74, 6) is 0.579. The summed E-state index contributed by atoms with van der Waals surface area (Å²) in [5, 5.41) is 11.9. The first kappa shape index (κ1) is 17.5. The summed E-state index contributed by atoms with van der Waals surface area (Å²) >= 11 is 7.12. The summed E-state index contributed by atoms with van der Waals surface area (Å²) in [6, 6.07) is 15.2. The Labute approximate surface area is 154 Å². The Balaban J connectivity index is 1.52. The molecule has 2 aromatic carbocycles. The molecule has 0 aliphatic carbocycles. The summed E-state index contributed by atoms with van der Waals surface area (Å²) in [4.78, 5) is 12.1. The maximum atomic E-state index is 12.1. The molecule has 0 unspecified atom stereocenters. The molecule has 25 heavy (non-hydrogen) atoms. The molecule has 128 valence electrons. The van der Waals surface area contributed by atoms with Gasteiger partial charge in [0.05, 0.1) is 12.2 Å². The molecule has 0 radical (unpaired) electrons. The molecule has 7 heteroatoms. The van der Waals surface area contributed by atoms with E-state index >= 15 is 0 Å². The van der Waals surface area contributed by atoms with Gasteiger partial charge < -0.3 is 9.73 Å². The summed E-state index contributed by atoms with van der Waals surface area (Å²) in [6.07, 6.45) is 0.574. The quantitative estimate of drug-likeness (QED) is 0.650. The van der Waals surface area contributed by atoms with Crippen LogP contribution in [0.4, 0.5) is 5.69 Å². The van der Waals surface area contributed by atoms with Crippen LogP contribution in [0, 0.1) is 6.92 Å². The Bertz CT molecular complexity index is 868. The lowest BCUT2D eigenvalue weighted by atomic mass is 10.2. The first-order valence-electron chi connectivity index (χ1n) is 7.65. The van der Waals surface area contributed by atoms with Crippen LogP contribution in [0.3, 0.4) is 0 Å². The summed E-state index contributed by atoms with van der Waals surface area (Å²) in [7, 11) is 0. The number of amides is 1. The number of anilines is 1. The predicted octanol–water partition coefficient (Wildman–Crippen LogP) is 4.35. The SMILES string of the molecule is Cc1cc(Cl)ccc1NC(=O)CSc1nnc(Cc2ccccc2)o1. The van der Waals surface area contributed by atoms with E-state index in [4.69, 9.17) is 16.0 Å². The summed E-state index contributed by atoms with van der Waals surface area (Å²) in [5.41, 5.74) is 2.75. The molecule has 3 rings (SSSR count). The van der Waals surface area contributed by atoms with Gasteiger partial charge in [0.25, 0.3) is 5.22 Å². The minimum Gasteiger partial charge on any atom is -0.416 e. The molecule has 1 aromatic heterocycles. The van der Waals surface area contributed by atoms with E-state index in [0.29, 0.717) is 22.6 Å². The summed E-state index contributed by atoms with van der Waals surface area (Å²) < 4.78 is 5.57. The Morgan fingerprint density at radius 3 is 2.76 bits per heavy atom. The third-order valence-electron chi connectivity index (χ3n) is 3.44. The van der Waals surface area contributed by atoms with E-state index in [9.17, 15) is 4.79 Å². The van der Waals surface area contributed by atoms with Crippen molar-refractivity contribution in [3.8, 4) is 0 Å². The standard InChI is InChI=1S/C18H16ClN3O2S/c1-12-9-14(19)7-8-15(12)20-16(23)11-25-18-22-21-17(24-18)10-13-5-3-2-4-6-13/h2-9H,10-11H2,1H3,(H,20,23). The molecule has 1 amide bonds. The van der Waals surface area contributed by atoms with E-state index in [1.165, 1.54) is 11.8 Å². The summed E-state index contributed by atoms with van der Waals surface area (Å²) in [6.45, 7) is 1.89. The predicted molar refractivity (Wildman–Crippen MR) is 99.1 cm³/mol. The van der Waals surface area contributed by atoms with Crippen LogP contribution >= 0.6 is 23.4 Å². The maximum absolute atomic E-state index is 12.1. The van der Waals surface area contributed by atoms with E-state index in [1.54, 1.807) is 18.2 Å². The largest absolute Gasteiger partial charge is 0.416 e. The lowest BCUT2D eigenvalue weighted by molar-refractivity contribution is -0.113. The van der Waals surface area contributed by atoms with Crippen LogP contribution in [0.5, 0.6) is 0 Å². The van der Waals surface area contributed by atoms with Crippen LogP contribution < -0.4 is 5.32 Å². The van der Waals surface area contributed by atoms with Gasteiger partial charge in [0.2, 0.25) is 11.8 Å². The van der Waals surface area contributed by atoms with Crippen molar-refractivity contribution in [3.05, 3.63) is 70.6 Å². The zero-order chi connectivity index (χ0) is 17.6. The third-order valence-corrected chi connectivity index (χ3v) is 4.49. The van der Waals surface area contributed by atoms with Crippen LogP contribution in [0.2, 0.25) is 5.02 Å². The number of hydrogen-bond donors (Lipinski definition) is 1. The Hall–Kier alpha value is -2.31. The van der Waals surface area contributed by atoms with Gasteiger partial charge in [-0.3, -0.25) is 4.79 Å². The number of aromatic nitrogens is 2. The molecular formula is C18H16ClN3O2S. The number of aryl methyl sites for hydroxylation is 1. The number of rotatable bonds is 6. The van der Waals surface area contributed by atoms with Gasteiger partial charge in [0, 0.05) is 10.7 Å². The average molecular weight is 374 g/mol. The van der Waals surface area contributed by atoms with Gasteiger partial charge in [0.15, 0.2) is 0 Å². The second kappa shape index (κ2) is 8.18. The van der Waals surface area contributed by atoms with E-state index < -0.39 is 0 Å². The van der Waals surface area contributed by atoms with Crippen LogP contribution in [0.25, 0.3) is 0 Å². The number of carbonyl (C=O) groups is 1. The minimum atomic E-state index is -0.141. The molecular weight excluding hydrogens is 358 g/mol. The lowest BCUT2D eigenvalue weighted by Crippen LogP contribution is -2.14. The number of nitrogens with zero attached hydrogens (tertiary/aromatic N) is 2. The molecule has 1 heterocycles. The van der Waals surface area contributed by atoms with Gasteiger partial charge in [-0.05, 0) is 36.2 Å². The normalized spacial score (nSPS) is 10.6. The van der Waals surface area contributed by atoms with Crippen molar-refractivity contribution >= 4 is 35.0 Å². The Kier molecular flexibility index (Phi) is 5.73. The van der Waals surface area contributed by atoms with Gasteiger partial charge >= 0.3 is 0 Å². The highest BCUT2D eigenvalue weighted by Crippen LogP contribution is 2.21. The highest BCUT2D eigenvalue weighted by atomic mass is 35.5. The fourth-order valence-corrected chi connectivity index (χ4v) is 3.03. The molecule has 0 bridgehead atoms. The van der Waals surface area contributed by atoms with E-state index in [-0.39, 0.29) is 11.7 Å². The van der Waals surface area contributed by atoms with Gasteiger partial charge in [-0.25, -0.2) is 0 Å². The second-order valence-corrected chi connectivity index (χ2v) is 6.78. The van der Waals surface area contributed by atoms with Crippen molar-refractivity contribution in [2.75, 3.05) is 11.1 Å². The first-order chi connectivity index (χ1) is 12.1. The third kappa shape index (κ3) is 5.08. The average Bonchev–Trinajstić information content (AvgIpc) is 3.04. The Morgan fingerprint density at radius 2 is 2.00 bits per heavy atom. The van der Waals surface area contributed by atoms with Crippen molar-refractivity contribution in [3.63, 3.8) is 0 Å². The molecule has 5 nitrogen and oxygen atoms in total. The van der Waals surface area contributed by atoms with Gasteiger partial charge in [-0.1, -0.05) is 53.7 Å². The smallest absolute Gasteiger partial charge is 0.277 e. The molecule has 0 aliphatic heterocycles. The zero-order valence-electron chi connectivity index (χ0n) is 13.5. The van der Waals surface area contributed by atoms with Crippen LogP contribution in [0.15, 0.2) is 58.2 Å². The number of thioether (sulfide) groups is 1. The highest BCUT2D eigenvalue weighted by molar-refractivity contribution is 7.99. The number of halogens is 1. The molecule has 0 spiro atoms. The number of nitrogens with one attached hydrogen (secondary N) is 1. The fourth-order valence-electron chi connectivity index (χ4n) is 2.22. The van der Waals surface area contributed by atoms with Crippen LogP contribution in [-0.4, -0.2) is 21.9 Å². The van der Waals surface area contributed by atoms with Gasteiger partial charge in [-0.2, -0.15) is 0 Å². The second-order valence-electron chi connectivity index (χ2n) is 5.42. The topological polar surface area (TPSA) is 68.0 Å². The molecule has 0 saturated carbocycles. The van der Waals surface area contributed by atoms with Gasteiger partial charge in [-0.15, -0.1) is 10.2 Å². The maximum Gasteiger partial charge on any atom is 0.277 e. The number of hydrogen-bond acceptors (Lipinski definition) is 5. The fraction of sp³-hybridized carbons (Fsp3) is 0.167. The Morgan fingerprint density at radius 1 is 1.20 bits per heavy atom.